The van der Waals surface area contributed by atoms with E-state index in [1.807, 2.05) is 121 Å². The third-order valence-electron chi connectivity index (χ3n) is 7.98. The van der Waals surface area contributed by atoms with Crippen molar-refractivity contribution in [1.29, 1.82) is 0 Å². The topological polar surface area (TPSA) is 107 Å². The molecule has 0 saturated carbocycles. The average Bonchev–Trinajstić information content (AvgIpc) is 3.17. The van der Waals surface area contributed by atoms with Crippen molar-refractivity contribution in [3.8, 4) is 0 Å². The molecule has 0 aliphatic carbocycles. The Morgan fingerprint density at radius 3 is 1.40 bits per heavy atom. The van der Waals surface area contributed by atoms with Crippen LogP contribution in [0.3, 0.4) is 0 Å². The first-order valence-corrected chi connectivity index (χ1v) is 17.4. The Bertz CT molecular complexity index is 1570. The summed E-state index contributed by atoms with van der Waals surface area (Å²) in [5.41, 5.74) is 2.00. The quantitative estimate of drug-likeness (QED) is 0.0594. The zero-order valence-corrected chi connectivity index (χ0v) is 29.0. The predicted molar refractivity (Wildman–Crippen MR) is 187 cm³/mol. The number of ether oxygens (including phenoxy) is 6. The molecule has 0 amide bonds. The van der Waals surface area contributed by atoms with Gasteiger partial charge in [-0.15, -0.1) is 34.8 Å². The molecule has 262 valence electrons. The molecule has 0 spiro atoms. The van der Waals surface area contributed by atoms with Gasteiger partial charge in [0.15, 0.2) is 24.6 Å². The van der Waals surface area contributed by atoms with Gasteiger partial charge in [-0.1, -0.05) is 121 Å². The number of alkyl halides is 3. The molecule has 12 heteroatoms. The summed E-state index contributed by atoms with van der Waals surface area (Å²) in [5.74, 6) is -4.16. The largest absolute Gasteiger partial charge is 0.454 e. The SMILES string of the molecule is O=C(CCl)O[C@@H]1[C@H](OC(=O)CCl)[C@H](OCc2ccccc2)O[C@@H](COC(c2ccccc2)(c2ccccc2)c2ccccc2)[C@H]1OC(=O)CCl. The number of benzene rings is 4. The fourth-order valence-electron chi connectivity index (χ4n) is 5.83. The van der Waals surface area contributed by atoms with E-state index in [0.717, 1.165) is 22.3 Å². The van der Waals surface area contributed by atoms with Crippen LogP contribution in [0.25, 0.3) is 0 Å². The van der Waals surface area contributed by atoms with Gasteiger partial charge < -0.3 is 28.4 Å². The third-order valence-corrected chi connectivity index (χ3v) is 8.64. The van der Waals surface area contributed by atoms with E-state index in [0.29, 0.717) is 0 Å². The maximum atomic E-state index is 12.8. The molecule has 0 N–H and O–H groups in total. The van der Waals surface area contributed by atoms with Crippen molar-refractivity contribution in [1.82, 2.24) is 0 Å². The van der Waals surface area contributed by atoms with Gasteiger partial charge in [-0.2, -0.15) is 0 Å². The summed E-state index contributed by atoms with van der Waals surface area (Å²) in [6, 6.07) is 38.1. The van der Waals surface area contributed by atoms with Gasteiger partial charge in [-0.3, -0.25) is 14.4 Å². The molecule has 4 aromatic carbocycles. The molecule has 1 aliphatic heterocycles. The molecule has 1 heterocycles. The molecular formula is C38H35Cl3O9. The fraction of sp³-hybridized carbons (Fsp3) is 0.289. The Hall–Kier alpha value is -3.96. The van der Waals surface area contributed by atoms with Crippen molar-refractivity contribution in [2.45, 2.75) is 42.9 Å². The summed E-state index contributed by atoms with van der Waals surface area (Å²) in [5, 5.41) is 0. The zero-order chi connectivity index (χ0) is 35.3. The number of esters is 3. The van der Waals surface area contributed by atoms with E-state index in [-0.39, 0.29) is 13.2 Å². The molecule has 5 atom stereocenters. The number of hydrogen-bond donors (Lipinski definition) is 0. The van der Waals surface area contributed by atoms with E-state index in [1.54, 1.807) is 0 Å². The van der Waals surface area contributed by atoms with Crippen LogP contribution in [-0.2, 0) is 55.0 Å². The second-order valence-corrected chi connectivity index (χ2v) is 12.0. The Labute approximate surface area is 305 Å². The first-order valence-electron chi connectivity index (χ1n) is 15.8. The van der Waals surface area contributed by atoms with Gasteiger partial charge in [-0.25, -0.2) is 0 Å². The van der Waals surface area contributed by atoms with Crippen molar-refractivity contribution in [2.24, 2.45) is 0 Å². The molecule has 1 saturated heterocycles. The molecule has 1 aliphatic rings. The number of carbonyl (C=O) groups is 3. The summed E-state index contributed by atoms with van der Waals surface area (Å²) in [6.07, 6.45) is -6.77. The number of rotatable bonds is 15. The molecule has 4 aromatic rings. The molecule has 0 aromatic heterocycles. The number of carbonyl (C=O) groups excluding carboxylic acids is 3. The maximum absolute atomic E-state index is 12.8. The molecule has 0 radical (unpaired) electrons. The van der Waals surface area contributed by atoms with E-state index in [1.165, 1.54) is 0 Å². The lowest BCUT2D eigenvalue weighted by Gasteiger charge is -2.45. The van der Waals surface area contributed by atoms with Gasteiger partial charge in [0.25, 0.3) is 0 Å². The van der Waals surface area contributed by atoms with Gasteiger partial charge in [0.05, 0.1) is 13.2 Å². The summed E-state index contributed by atoms with van der Waals surface area (Å²) in [6.45, 7) is -0.215. The van der Waals surface area contributed by atoms with E-state index < -0.39 is 71.9 Å². The molecule has 1 fully saturated rings. The highest BCUT2D eigenvalue weighted by molar-refractivity contribution is 6.27. The minimum absolute atomic E-state index is 0.0261. The van der Waals surface area contributed by atoms with Crippen LogP contribution in [-0.4, -0.2) is 72.9 Å². The highest BCUT2D eigenvalue weighted by Crippen LogP contribution is 2.41. The van der Waals surface area contributed by atoms with Gasteiger partial charge in [0.1, 0.15) is 29.3 Å². The average molecular weight is 742 g/mol. The minimum Gasteiger partial charge on any atom is -0.454 e. The van der Waals surface area contributed by atoms with Crippen molar-refractivity contribution in [2.75, 3.05) is 24.2 Å². The predicted octanol–water partition coefficient (Wildman–Crippen LogP) is 6.39. The lowest BCUT2D eigenvalue weighted by Crippen LogP contribution is -2.63. The van der Waals surface area contributed by atoms with E-state index >= 15 is 0 Å². The number of halogens is 3. The van der Waals surface area contributed by atoms with Crippen LogP contribution in [0.2, 0.25) is 0 Å². The van der Waals surface area contributed by atoms with Crippen LogP contribution < -0.4 is 0 Å². The van der Waals surface area contributed by atoms with Crippen molar-refractivity contribution < 1.29 is 42.8 Å². The van der Waals surface area contributed by atoms with Gasteiger partial charge >= 0.3 is 17.9 Å². The summed E-state index contributed by atoms with van der Waals surface area (Å²) in [7, 11) is 0. The van der Waals surface area contributed by atoms with Gasteiger partial charge in [0.2, 0.25) is 0 Å². The molecule has 0 bridgehead atoms. The first-order chi connectivity index (χ1) is 24.4. The molecule has 0 unspecified atom stereocenters. The van der Waals surface area contributed by atoms with Crippen LogP contribution in [0, 0.1) is 0 Å². The van der Waals surface area contributed by atoms with Crippen LogP contribution in [0.5, 0.6) is 0 Å². The lowest BCUT2D eigenvalue weighted by atomic mass is 9.80. The Morgan fingerprint density at radius 1 is 0.560 bits per heavy atom. The lowest BCUT2D eigenvalue weighted by molar-refractivity contribution is -0.313. The van der Waals surface area contributed by atoms with Gasteiger partial charge in [-0.05, 0) is 22.3 Å². The standard InChI is InChI=1S/C38H35Cl3O9/c39-21-31(42)48-34-30(25-46-38(27-15-7-2-8-16-27,28-17-9-3-10-18-28)29-19-11-4-12-20-29)47-37(45-24-26-13-5-1-6-14-26)36(50-33(44)23-41)35(34)49-32(43)22-40/h1-20,30,34-37H,21-25H2/t30-,34+,35-,36-,37+/m0/s1. The summed E-state index contributed by atoms with van der Waals surface area (Å²) in [4.78, 5) is 38.1. The van der Waals surface area contributed by atoms with Gasteiger partial charge in [0, 0.05) is 0 Å². The van der Waals surface area contributed by atoms with E-state index in [4.69, 9.17) is 63.2 Å². The van der Waals surface area contributed by atoms with Crippen LogP contribution in [0.15, 0.2) is 121 Å². The van der Waals surface area contributed by atoms with Crippen LogP contribution in [0.1, 0.15) is 22.3 Å². The molecule has 9 nitrogen and oxygen atoms in total. The smallest absolute Gasteiger partial charge is 0.321 e. The fourth-order valence-corrected chi connectivity index (χ4v) is 6.02. The highest BCUT2D eigenvalue weighted by Gasteiger charge is 2.54. The zero-order valence-electron chi connectivity index (χ0n) is 26.8. The molecule has 50 heavy (non-hydrogen) atoms. The number of hydrogen-bond acceptors (Lipinski definition) is 9. The third kappa shape index (κ3) is 9.03. The highest BCUT2D eigenvalue weighted by atomic mass is 35.5. The summed E-state index contributed by atoms with van der Waals surface area (Å²) < 4.78 is 36.8. The first kappa shape index (κ1) is 37.3. The van der Waals surface area contributed by atoms with Crippen molar-refractivity contribution in [3.05, 3.63) is 144 Å². The Morgan fingerprint density at radius 2 is 0.960 bits per heavy atom. The summed E-state index contributed by atoms with van der Waals surface area (Å²) >= 11 is 17.5. The minimum atomic E-state index is -1.46. The van der Waals surface area contributed by atoms with Crippen molar-refractivity contribution in [3.63, 3.8) is 0 Å². The normalized spacial score (nSPS) is 20.4. The Balaban J connectivity index is 1.60. The second-order valence-electron chi connectivity index (χ2n) is 11.2. The second kappa shape index (κ2) is 18.3. The molecular weight excluding hydrogens is 707 g/mol. The monoisotopic (exact) mass is 740 g/mol. The Kier molecular flexibility index (Phi) is 13.7. The van der Waals surface area contributed by atoms with E-state index in [9.17, 15) is 14.4 Å². The molecule has 5 rings (SSSR count). The van der Waals surface area contributed by atoms with Crippen molar-refractivity contribution >= 4 is 52.7 Å². The van der Waals surface area contributed by atoms with Crippen LogP contribution >= 0.6 is 34.8 Å². The maximum Gasteiger partial charge on any atom is 0.321 e. The van der Waals surface area contributed by atoms with Crippen LogP contribution in [0.4, 0.5) is 0 Å². The van der Waals surface area contributed by atoms with E-state index in [2.05, 4.69) is 0 Å².